The van der Waals surface area contributed by atoms with E-state index in [2.05, 4.69) is 20.3 Å². The molecular formula is C17H18N4O2S. The van der Waals surface area contributed by atoms with Crippen LogP contribution < -0.4 is 5.32 Å². The molecule has 0 aromatic carbocycles. The Bertz CT molecular complexity index is 768. The van der Waals surface area contributed by atoms with Crippen molar-refractivity contribution in [3.63, 3.8) is 0 Å². The minimum Gasteiger partial charge on any atom is -0.445 e. The second-order valence-electron chi connectivity index (χ2n) is 5.26. The first kappa shape index (κ1) is 16.4. The van der Waals surface area contributed by atoms with E-state index in [0.29, 0.717) is 23.9 Å². The van der Waals surface area contributed by atoms with E-state index in [1.165, 1.54) is 0 Å². The summed E-state index contributed by atoms with van der Waals surface area (Å²) in [6, 6.07) is 5.52. The van der Waals surface area contributed by atoms with Crippen LogP contribution in [0.25, 0.3) is 0 Å². The molecule has 6 nitrogen and oxygen atoms in total. The molecule has 1 amide bonds. The van der Waals surface area contributed by atoms with Gasteiger partial charge in [-0.2, -0.15) is 0 Å². The molecule has 0 atom stereocenters. The lowest BCUT2D eigenvalue weighted by molar-refractivity contribution is -0.119. The van der Waals surface area contributed by atoms with Crippen LogP contribution >= 0.6 is 11.8 Å². The highest BCUT2D eigenvalue weighted by Gasteiger charge is 2.15. The summed E-state index contributed by atoms with van der Waals surface area (Å²) in [4.78, 5) is 25.7. The van der Waals surface area contributed by atoms with Crippen molar-refractivity contribution in [3.8, 4) is 0 Å². The number of nitrogens with zero attached hydrogens (tertiary/aromatic N) is 3. The van der Waals surface area contributed by atoms with E-state index in [1.807, 2.05) is 25.1 Å². The van der Waals surface area contributed by atoms with E-state index in [4.69, 9.17) is 4.42 Å². The molecule has 0 radical (unpaired) electrons. The molecule has 2 aromatic heterocycles. The maximum atomic E-state index is 12.0. The first-order valence-corrected chi connectivity index (χ1v) is 8.73. The Morgan fingerprint density at radius 1 is 1.38 bits per heavy atom. The summed E-state index contributed by atoms with van der Waals surface area (Å²) in [5.74, 6) is 2.83. The fourth-order valence-electron chi connectivity index (χ4n) is 2.18. The third-order valence-electron chi connectivity index (χ3n) is 3.39. The van der Waals surface area contributed by atoms with Gasteiger partial charge in [-0.15, -0.1) is 11.8 Å². The van der Waals surface area contributed by atoms with Crippen molar-refractivity contribution < 1.29 is 9.21 Å². The summed E-state index contributed by atoms with van der Waals surface area (Å²) in [5, 5.41) is 2.84. The Balaban J connectivity index is 1.42. The molecule has 1 N–H and O–H groups in total. The Labute approximate surface area is 144 Å². The Hall–Kier alpha value is -2.41. The number of pyridine rings is 1. The fraction of sp³-hybridized carbons (Fsp3) is 0.294. The molecule has 0 aliphatic carbocycles. The fourth-order valence-corrected chi connectivity index (χ4v) is 2.98. The van der Waals surface area contributed by atoms with Crippen molar-refractivity contribution in [3.05, 3.63) is 59.0 Å². The van der Waals surface area contributed by atoms with Gasteiger partial charge in [0.2, 0.25) is 11.8 Å². The van der Waals surface area contributed by atoms with Gasteiger partial charge in [-0.1, -0.05) is 13.0 Å². The number of amidine groups is 1. The lowest BCUT2D eigenvalue weighted by atomic mass is 10.2. The number of carbonyl (C=O) groups is 1. The topological polar surface area (TPSA) is 80.4 Å². The lowest BCUT2D eigenvalue weighted by Crippen LogP contribution is -2.31. The number of oxazole rings is 1. The van der Waals surface area contributed by atoms with Crippen LogP contribution in [0.3, 0.4) is 0 Å². The Morgan fingerprint density at radius 3 is 3.04 bits per heavy atom. The Morgan fingerprint density at radius 2 is 2.29 bits per heavy atom. The van der Waals surface area contributed by atoms with Crippen LogP contribution in [-0.2, 0) is 23.4 Å². The van der Waals surface area contributed by atoms with Crippen molar-refractivity contribution in [1.29, 1.82) is 0 Å². The molecule has 3 heterocycles. The van der Waals surface area contributed by atoms with E-state index in [0.717, 1.165) is 22.8 Å². The number of aromatic nitrogens is 2. The first-order chi connectivity index (χ1) is 11.7. The zero-order chi connectivity index (χ0) is 16.8. The molecule has 2 aromatic rings. The van der Waals surface area contributed by atoms with Gasteiger partial charge in [-0.3, -0.25) is 9.78 Å². The average molecular weight is 342 g/mol. The van der Waals surface area contributed by atoms with Crippen LogP contribution in [0.15, 0.2) is 51.1 Å². The largest absolute Gasteiger partial charge is 0.445 e. The summed E-state index contributed by atoms with van der Waals surface area (Å²) < 4.78 is 5.58. The number of rotatable bonds is 6. The van der Waals surface area contributed by atoms with Crippen LogP contribution in [0.5, 0.6) is 0 Å². The molecule has 0 saturated carbocycles. The molecule has 3 rings (SSSR count). The molecule has 0 fully saturated rings. The highest BCUT2D eigenvalue weighted by Crippen LogP contribution is 2.27. The summed E-state index contributed by atoms with van der Waals surface area (Å²) in [6.07, 6.45) is 6.94. The molecule has 0 spiro atoms. The standard InChI is InChI=1S/C17H18N4O2S/c1-2-13-9-20-17(23-13)11-24-14-8-15(19-10-14)21-16(22)7-12-5-3-4-6-18-12/h3-6,9-10H,2,7-8,11H2,1H3,(H,19,21,22). The van der Waals surface area contributed by atoms with Gasteiger partial charge in [0.15, 0.2) is 0 Å². The molecule has 0 bridgehead atoms. The van der Waals surface area contributed by atoms with Crippen molar-refractivity contribution in [2.45, 2.75) is 31.9 Å². The smallest absolute Gasteiger partial charge is 0.231 e. The molecule has 7 heteroatoms. The van der Waals surface area contributed by atoms with Gasteiger partial charge < -0.3 is 9.73 Å². The average Bonchev–Trinajstić information content (AvgIpc) is 3.22. The molecule has 1 aliphatic rings. The number of thioether (sulfide) groups is 1. The van der Waals surface area contributed by atoms with Crippen LogP contribution in [0.1, 0.15) is 30.7 Å². The molecule has 24 heavy (non-hydrogen) atoms. The predicted octanol–water partition coefficient (Wildman–Crippen LogP) is 2.87. The quantitative estimate of drug-likeness (QED) is 0.873. The second kappa shape index (κ2) is 7.92. The van der Waals surface area contributed by atoms with E-state index in [9.17, 15) is 4.79 Å². The third kappa shape index (κ3) is 4.55. The second-order valence-corrected chi connectivity index (χ2v) is 6.36. The predicted molar refractivity (Wildman–Crippen MR) is 93.4 cm³/mol. The maximum absolute atomic E-state index is 12.0. The summed E-state index contributed by atoms with van der Waals surface area (Å²) >= 11 is 1.62. The number of carbonyl (C=O) groups excluding carboxylic acids is 1. The van der Waals surface area contributed by atoms with Crippen molar-refractivity contribution >= 4 is 23.5 Å². The number of aryl methyl sites for hydroxylation is 1. The zero-order valence-corrected chi connectivity index (χ0v) is 14.2. The van der Waals surface area contributed by atoms with Gasteiger partial charge in [0.25, 0.3) is 0 Å². The summed E-state index contributed by atoms with van der Waals surface area (Å²) in [6.45, 7) is 2.03. The van der Waals surface area contributed by atoms with E-state index < -0.39 is 0 Å². The van der Waals surface area contributed by atoms with Gasteiger partial charge >= 0.3 is 0 Å². The van der Waals surface area contributed by atoms with Crippen LogP contribution in [0.2, 0.25) is 0 Å². The van der Waals surface area contributed by atoms with Gasteiger partial charge in [0, 0.05) is 35.8 Å². The van der Waals surface area contributed by atoms with Crippen LogP contribution in [0.4, 0.5) is 0 Å². The normalized spacial score (nSPS) is 13.5. The van der Waals surface area contributed by atoms with Crippen LogP contribution in [0, 0.1) is 0 Å². The summed E-state index contributed by atoms with van der Waals surface area (Å²) in [5.41, 5.74) is 0.742. The number of hydrogen-bond donors (Lipinski definition) is 1. The number of nitrogens with one attached hydrogen (secondary N) is 1. The van der Waals surface area contributed by atoms with Gasteiger partial charge in [-0.05, 0) is 12.1 Å². The van der Waals surface area contributed by atoms with Crippen molar-refractivity contribution in [2.24, 2.45) is 4.99 Å². The number of amides is 1. The Kier molecular flexibility index (Phi) is 5.43. The highest BCUT2D eigenvalue weighted by atomic mass is 32.2. The van der Waals surface area contributed by atoms with Crippen molar-refractivity contribution in [1.82, 2.24) is 15.3 Å². The van der Waals surface area contributed by atoms with Crippen LogP contribution in [-0.4, -0.2) is 21.7 Å². The molecule has 1 aliphatic heterocycles. The molecule has 124 valence electrons. The minimum absolute atomic E-state index is 0.104. The lowest BCUT2D eigenvalue weighted by Gasteiger charge is -2.05. The monoisotopic (exact) mass is 342 g/mol. The number of hydrogen-bond acceptors (Lipinski definition) is 6. The van der Waals surface area contributed by atoms with Gasteiger partial charge in [0.05, 0.1) is 18.4 Å². The zero-order valence-electron chi connectivity index (χ0n) is 13.4. The van der Waals surface area contributed by atoms with Gasteiger partial charge in [0.1, 0.15) is 11.6 Å². The highest BCUT2D eigenvalue weighted by molar-refractivity contribution is 8.02. The maximum Gasteiger partial charge on any atom is 0.231 e. The SMILES string of the molecule is CCc1cnc(CSC2=CN=C(NC(=O)Cc3ccccn3)C2)o1. The molecule has 0 unspecified atom stereocenters. The van der Waals surface area contributed by atoms with Gasteiger partial charge in [-0.25, -0.2) is 9.98 Å². The number of aliphatic imine (C=N–C) groups is 1. The minimum atomic E-state index is -0.104. The van der Waals surface area contributed by atoms with Crippen molar-refractivity contribution in [2.75, 3.05) is 0 Å². The van der Waals surface area contributed by atoms with E-state index >= 15 is 0 Å². The third-order valence-corrected chi connectivity index (χ3v) is 4.40. The first-order valence-electron chi connectivity index (χ1n) is 7.75. The molecular weight excluding hydrogens is 324 g/mol. The summed E-state index contributed by atoms with van der Waals surface area (Å²) in [7, 11) is 0. The van der Waals surface area contributed by atoms with E-state index in [-0.39, 0.29) is 12.3 Å². The van der Waals surface area contributed by atoms with E-state index in [1.54, 1.807) is 30.4 Å². The molecule has 0 saturated heterocycles.